The minimum absolute atomic E-state index is 0.00738. The van der Waals surface area contributed by atoms with Crippen molar-refractivity contribution < 1.29 is 41.7 Å². The minimum Gasteiger partial charge on any atom is -0.493 e. The van der Waals surface area contributed by atoms with Crippen molar-refractivity contribution in [1.82, 2.24) is 9.78 Å². The number of halogens is 4. The lowest BCUT2D eigenvalue weighted by Gasteiger charge is -2.21. The molecule has 1 aliphatic rings. The molecule has 1 fully saturated rings. The molecule has 0 spiro atoms. The highest BCUT2D eigenvalue weighted by Gasteiger charge is 2.43. The molecule has 0 aliphatic heterocycles. The number of nitrogens with two attached hydrogens (primary N) is 1. The summed E-state index contributed by atoms with van der Waals surface area (Å²) in [4.78, 5) is 25.4. The van der Waals surface area contributed by atoms with Crippen molar-refractivity contribution in [2.75, 3.05) is 25.6 Å². The number of benzene rings is 2. The van der Waals surface area contributed by atoms with Crippen LogP contribution in [0, 0.1) is 0 Å². The SMILES string of the molecule is COc1ccc(C(=O)Nc2ccc(OCCN)c(-c3c(Cl)cnn3C)c2)c(OC(=O)C(F)(F)F)c1OC1CCCC1. The van der Waals surface area contributed by atoms with Crippen LogP contribution < -0.4 is 30.0 Å². The first-order chi connectivity index (χ1) is 19.5. The number of hydrogen-bond acceptors (Lipinski definition) is 8. The Kier molecular flexibility index (Phi) is 9.28. The lowest BCUT2D eigenvalue weighted by atomic mass is 10.1. The van der Waals surface area contributed by atoms with E-state index in [0.29, 0.717) is 34.9 Å². The summed E-state index contributed by atoms with van der Waals surface area (Å²) in [6, 6.07) is 7.21. The number of aromatic nitrogens is 2. The van der Waals surface area contributed by atoms with Crippen molar-refractivity contribution >= 4 is 29.2 Å². The van der Waals surface area contributed by atoms with E-state index in [1.54, 1.807) is 19.2 Å². The Labute approximate surface area is 238 Å². The predicted octanol–water partition coefficient (Wildman–Crippen LogP) is 5.13. The molecule has 1 aromatic heterocycles. The second-order valence-corrected chi connectivity index (χ2v) is 9.56. The van der Waals surface area contributed by atoms with Gasteiger partial charge in [-0.05, 0) is 56.0 Å². The van der Waals surface area contributed by atoms with Gasteiger partial charge in [-0.3, -0.25) is 9.48 Å². The van der Waals surface area contributed by atoms with Gasteiger partial charge >= 0.3 is 12.1 Å². The average Bonchev–Trinajstić information content (AvgIpc) is 3.56. The molecule has 1 aliphatic carbocycles. The van der Waals surface area contributed by atoms with Crippen LogP contribution in [-0.2, 0) is 11.8 Å². The number of hydrogen-bond donors (Lipinski definition) is 2. The van der Waals surface area contributed by atoms with Crippen LogP contribution in [0.25, 0.3) is 11.3 Å². The van der Waals surface area contributed by atoms with E-state index in [1.807, 2.05) is 0 Å². The molecule has 0 bridgehead atoms. The lowest BCUT2D eigenvalue weighted by Crippen LogP contribution is -2.29. The Bertz CT molecular complexity index is 1400. The van der Waals surface area contributed by atoms with E-state index in [2.05, 4.69) is 10.4 Å². The molecule has 10 nitrogen and oxygen atoms in total. The van der Waals surface area contributed by atoms with Crippen molar-refractivity contribution in [1.29, 1.82) is 0 Å². The number of aryl methyl sites for hydroxylation is 1. The number of alkyl halides is 3. The smallest absolute Gasteiger partial charge is 0.491 e. The molecule has 3 N–H and O–H groups in total. The van der Waals surface area contributed by atoms with Crippen LogP contribution in [0.1, 0.15) is 36.0 Å². The van der Waals surface area contributed by atoms with Crippen LogP contribution in [0.15, 0.2) is 36.5 Å². The summed E-state index contributed by atoms with van der Waals surface area (Å²) < 4.78 is 62.8. The first kappa shape index (κ1) is 30.0. The lowest BCUT2D eigenvalue weighted by molar-refractivity contribution is -0.189. The monoisotopic (exact) mass is 596 g/mol. The fourth-order valence-corrected chi connectivity index (χ4v) is 4.69. The molecular weight excluding hydrogens is 569 g/mol. The minimum atomic E-state index is -5.32. The number of carbonyl (C=O) groups excluding carboxylic acids is 2. The Morgan fingerprint density at radius 1 is 1.15 bits per heavy atom. The third-order valence-corrected chi connectivity index (χ3v) is 6.59. The van der Waals surface area contributed by atoms with E-state index in [4.69, 9.17) is 36.3 Å². The summed E-state index contributed by atoms with van der Waals surface area (Å²) >= 11 is 6.34. The molecule has 14 heteroatoms. The zero-order chi connectivity index (χ0) is 29.7. The highest BCUT2D eigenvalue weighted by atomic mass is 35.5. The molecular formula is C27H28ClF3N4O6. The summed E-state index contributed by atoms with van der Waals surface area (Å²) in [6.07, 6.45) is -1.22. The number of nitrogens with zero attached hydrogens (tertiary/aromatic N) is 2. The van der Waals surface area contributed by atoms with Gasteiger partial charge in [0.1, 0.15) is 12.4 Å². The predicted molar refractivity (Wildman–Crippen MR) is 144 cm³/mol. The van der Waals surface area contributed by atoms with Crippen LogP contribution in [0.2, 0.25) is 5.02 Å². The zero-order valence-corrected chi connectivity index (χ0v) is 23.0. The van der Waals surface area contributed by atoms with Gasteiger partial charge in [0.2, 0.25) is 5.75 Å². The molecule has 1 saturated carbocycles. The van der Waals surface area contributed by atoms with Crippen molar-refractivity contribution in [3.05, 3.63) is 47.1 Å². The van der Waals surface area contributed by atoms with E-state index in [1.165, 1.54) is 36.2 Å². The Morgan fingerprint density at radius 2 is 1.85 bits per heavy atom. The highest BCUT2D eigenvalue weighted by Crippen LogP contribution is 2.44. The van der Waals surface area contributed by atoms with Crippen LogP contribution in [-0.4, -0.2) is 54.2 Å². The van der Waals surface area contributed by atoms with Crippen LogP contribution >= 0.6 is 11.6 Å². The van der Waals surface area contributed by atoms with E-state index >= 15 is 0 Å². The molecule has 220 valence electrons. The normalized spacial score (nSPS) is 13.6. The van der Waals surface area contributed by atoms with Gasteiger partial charge in [0, 0.05) is 24.8 Å². The summed E-state index contributed by atoms with van der Waals surface area (Å²) in [6.45, 7) is 0.455. The number of methoxy groups -OCH3 is 1. The topological polar surface area (TPSA) is 127 Å². The maximum atomic E-state index is 13.5. The fraction of sp³-hybridized carbons (Fsp3) is 0.370. The standard InChI is InChI=1S/C27H28ClF3N4O6/c1-35-22(19(28)14-33-35)18-13-15(7-9-20(18)39-12-11-32)34-25(36)17-8-10-21(38-2)24(40-16-5-3-4-6-16)23(17)41-26(37)27(29,30)31/h7-10,13-14,16H,3-6,11-12,32H2,1-2H3,(H,34,36). The molecule has 0 saturated heterocycles. The number of nitrogens with one attached hydrogen (secondary N) is 1. The number of esters is 1. The average molecular weight is 597 g/mol. The quantitative estimate of drug-likeness (QED) is 0.244. The summed E-state index contributed by atoms with van der Waals surface area (Å²) in [5, 5.41) is 7.08. The molecule has 0 unspecified atom stereocenters. The third kappa shape index (κ3) is 6.85. The molecule has 1 heterocycles. The highest BCUT2D eigenvalue weighted by molar-refractivity contribution is 6.33. The maximum absolute atomic E-state index is 13.5. The second-order valence-electron chi connectivity index (χ2n) is 9.15. The van der Waals surface area contributed by atoms with Gasteiger partial charge in [0.25, 0.3) is 5.91 Å². The van der Waals surface area contributed by atoms with Crippen molar-refractivity contribution in [2.24, 2.45) is 12.8 Å². The zero-order valence-electron chi connectivity index (χ0n) is 22.2. The largest absolute Gasteiger partial charge is 0.493 e. The summed E-state index contributed by atoms with van der Waals surface area (Å²) in [5.74, 6) is -3.92. The number of anilines is 1. The van der Waals surface area contributed by atoms with Crippen LogP contribution in [0.4, 0.5) is 18.9 Å². The van der Waals surface area contributed by atoms with Gasteiger partial charge in [0.05, 0.1) is 35.7 Å². The van der Waals surface area contributed by atoms with Gasteiger partial charge in [0.15, 0.2) is 11.5 Å². The Hall–Kier alpha value is -3.97. The van der Waals surface area contributed by atoms with Gasteiger partial charge in [-0.2, -0.15) is 18.3 Å². The molecule has 0 atom stereocenters. The number of rotatable bonds is 10. The Balaban J connectivity index is 1.74. The summed E-state index contributed by atoms with van der Waals surface area (Å²) in [5.41, 5.74) is 6.41. The van der Waals surface area contributed by atoms with Crippen LogP contribution in [0.5, 0.6) is 23.0 Å². The van der Waals surface area contributed by atoms with E-state index in [-0.39, 0.29) is 42.0 Å². The van der Waals surface area contributed by atoms with Crippen molar-refractivity contribution in [3.63, 3.8) is 0 Å². The third-order valence-electron chi connectivity index (χ3n) is 6.32. The van der Waals surface area contributed by atoms with Crippen LogP contribution in [0.3, 0.4) is 0 Å². The molecule has 1 amide bonds. The first-order valence-electron chi connectivity index (χ1n) is 12.7. The van der Waals surface area contributed by atoms with Gasteiger partial charge in [-0.25, -0.2) is 4.79 Å². The van der Waals surface area contributed by atoms with Gasteiger partial charge < -0.3 is 30.0 Å². The second kappa shape index (κ2) is 12.7. The van der Waals surface area contributed by atoms with E-state index in [9.17, 15) is 22.8 Å². The van der Waals surface area contributed by atoms with E-state index in [0.717, 1.165) is 12.8 Å². The molecule has 4 rings (SSSR count). The van der Waals surface area contributed by atoms with Crippen molar-refractivity contribution in [3.8, 4) is 34.3 Å². The molecule has 3 aromatic rings. The van der Waals surface area contributed by atoms with Gasteiger partial charge in [-0.1, -0.05) is 11.6 Å². The first-order valence-corrected chi connectivity index (χ1v) is 13.0. The molecule has 41 heavy (non-hydrogen) atoms. The van der Waals surface area contributed by atoms with Gasteiger partial charge in [-0.15, -0.1) is 0 Å². The Morgan fingerprint density at radius 3 is 2.46 bits per heavy atom. The molecule has 0 radical (unpaired) electrons. The maximum Gasteiger partial charge on any atom is 0.491 e. The van der Waals surface area contributed by atoms with E-state index < -0.39 is 23.8 Å². The number of amides is 1. The number of carbonyl (C=O) groups is 2. The fourth-order valence-electron chi connectivity index (χ4n) is 4.42. The summed E-state index contributed by atoms with van der Waals surface area (Å²) in [7, 11) is 2.95. The molecule has 2 aromatic carbocycles. The number of ether oxygens (including phenoxy) is 4. The van der Waals surface area contributed by atoms with Crippen molar-refractivity contribution in [2.45, 2.75) is 38.0 Å².